The van der Waals surface area contributed by atoms with Crippen LogP contribution in [0.4, 0.5) is 5.69 Å². The lowest BCUT2D eigenvalue weighted by molar-refractivity contribution is -0.139. The summed E-state index contributed by atoms with van der Waals surface area (Å²) in [5, 5.41) is 3.02. The SMILES string of the molecule is COc1ccc(N(CC(=O)N(Cc2cccc(C)c2)C(C)C(=O)NC(C)C)S(C)(=O)=O)cc1Cl. The van der Waals surface area contributed by atoms with Gasteiger partial charge < -0.3 is 15.0 Å². The van der Waals surface area contributed by atoms with Gasteiger partial charge in [0, 0.05) is 12.6 Å². The van der Waals surface area contributed by atoms with Crippen molar-refractivity contribution in [1.29, 1.82) is 0 Å². The van der Waals surface area contributed by atoms with Crippen molar-refractivity contribution in [2.45, 2.75) is 46.3 Å². The molecule has 0 aromatic heterocycles. The molecule has 8 nitrogen and oxygen atoms in total. The lowest BCUT2D eigenvalue weighted by Crippen LogP contribution is -2.52. The Balaban J connectivity index is 2.42. The van der Waals surface area contributed by atoms with Crippen molar-refractivity contribution in [1.82, 2.24) is 10.2 Å². The van der Waals surface area contributed by atoms with Gasteiger partial charge in [0.05, 0.1) is 24.1 Å². The van der Waals surface area contributed by atoms with Gasteiger partial charge in [0.25, 0.3) is 0 Å². The molecule has 0 saturated carbocycles. The van der Waals surface area contributed by atoms with Crippen LogP contribution >= 0.6 is 11.6 Å². The second kappa shape index (κ2) is 11.6. The maximum absolute atomic E-state index is 13.5. The number of anilines is 1. The van der Waals surface area contributed by atoms with E-state index in [1.54, 1.807) is 6.92 Å². The van der Waals surface area contributed by atoms with Crippen LogP contribution in [0.3, 0.4) is 0 Å². The summed E-state index contributed by atoms with van der Waals surface area (Å²) >= 11 is 6.19. The van der Waals surface area contributed by atoms with E-state index in [4.69, 9.17) is 16.3 Å². The molecular formula is C24H32ClN3O5S. The van der Waals surface area contributed by atoms with Gasteiger partial charge in [0.15, 0.2) is 0 Å². The Morgan fingerprint density at radius 3 is 2.32 bits per heavy atom. The standard InChI is InChI=1S/C24H32ClN3O5S/c1-16(2)26-24(30)18(4)27(14-19-9-7-8-17(3)12-19)23(29)15-28(34(6,31)32)20-10-11-22(33-5)21(25)13-20/h7-13,16,18H,14-15H2,1-6H3,(H,26,30). The van der Waals surface area contributed by atoms with Crippen LogP contribution in [0.2, 0.25) is 5.02 Å². The van der Waals surface area contributed by atoms with Gasteiger partial charge in [-0.25, -0.2) is 8.42 Å². The molecule has 2 aromatic carbocycles. The average molecular weight is 510 g/mol. The molecule has 0 radical (unpaired) electrons. The molecule has 0 aliphatic heterocycles. The van der Waals surface area contributed by atoms with Crippen molar-refractivity contribution in [3.8, 4) is 5.75 Å². The lowest BCUT2D eigenvalue weighted by atomic mass is 10.1. The largest absolute Gasteiger partial charge is 0.495 e. The number of hydrogen-bond acceptors (Lipinski definition) is 5. The van der Waals surface area contributed by atoms with Crippen LogP contribution in [0, 0.1) is 6.92 Å². The van der Waals surface area contributed by atoms with Gasteiger partial charge in [-0.15, -0.1) is 0 Å². The van der Waals surface area contributed by atoms with Crippen LogP contribution in [0.1, 0.15) is 31.9 Å². The maximum atomic E-state index is 13.5. The van der Waals surface area contributed by atoms with Crippen molar-refractivity contribution in [3.05, 3.63) is 58.6 Å². The molecule has 1 unspecified atom stereocenters. The summed E-state index contributed by atoms with van der Waals surface area (Å²) in [6.45, 7) is 6.87. The number of rotatable bonds is 10. The minimum atomic E-state index is -3.84. The maximum Gasteiger partial charge on any atom is 0.244 e. The number of ether oxygens (including phenoxy) is 1. The minimum absolute atomic E-state index is 0.111. The number of carbonyl (C=O) groups excluding carboxylic acids is 2. The number of halogens is 1. The molecule has 1 atom stereocenters. The molecule has 2 rings (SSSR count). The van der Waals surface area contributed by atoms with Crippen molar-refractivity contribution in [3.63, 3.8) is 0 Å². The number of hydrogen-bond donors (Lipinski definition) is 1. The third-order valence-corrected chi connectivity index (χ3v) is 6.57. The molecule has 1 N–H and O–H groups in total. The topological polar surface area (TPSA) is 96.0 Å². The van der Waals surface area contributed by atoms with Crippen molar-refractivity contribution >= 4 is 39.1 Å². The molecule has 0 fully saturated rings. The number of nitrogens with zero attached hydrogens (tertiary/aromatic N) is 2. The summed E-state index contributed by atoms with van der Waals surface area (Å²) in [6, 6.07) is 11.1. The van der Waals surface area contributed by atoms with E-state index in [1.165, 1.54) is 30.2 Å². The molecule has 186 valence electrons. The fraction of sp³-hybridized carbons (Fsp3) is 0.417. The Labute approximate surface area is 206 Å². The van der Waals surface area contributed by atoms with Crippen molar-refractivity contribution < 1.29 is 22.7 Å². The molecule has 10 heteroatoms. The first-order chi connectivity index (χ1) is 15.8. The zero-order chi connectivity index (χ0) is 25.6. The fourth-order valence-electron chi connectivity index (χ4n) is 3.42. The highest BCUT2D eigenvalue weighted by Gasteiger charge is 2.30. The van der Waals surface area contributed by atoms with Gasteiger partial charge in [-0.1, -0.05) is 41.4 Å². The van der Waals surface area contributed by atoms with Gasteiger partial charge in [-0.3, -0.25) is 13.9 Å². The van der Waals surface area contributed by atoms with E-state index in [0.717, 1.165) is 21.7 Å². The highest BCUT2D eigenvalue weighted by Crippen LogP contribution is 2.30. The van der Waals surface area contributed by atoms with E-state index in [0.29, 0.717) is 5.75 Å². The molecule has 0 aliphatic rings. The number of methoxy groups -OCH3 is 1. The minimum Gasteiger partial charge on any atom is -0.495 e. The van der Waals surface area contributed by atoms with Gasteiger partial charge in [0.1, 0.15) is 18.3 Å². The summed E-state index contributed by atoms with van der Waals surface area (Å²) in [5.41, 5.74) is 2.06. The lowest BCUT2D eigenvalue weighted by Gasteiger charge is -2.32. The zero-order valence-electron chi connectivity index (χ0n) is 20.3. The third kappa shape index (κ3) is 7.36. The van der Waals surface area contributed by atoms with Crippen LogP contribution < -0.4 is 14.4 Å². The van der Waals surface area contributed by atoms with Gasteiger partial charge in [0.2, 0.25) is 21.8 Å². The van der Waals surface area contributed by atoms with E-state index < -0.39 is 28.5 Å². The first-order valence-electron chi connectivity index (χ1n) is 10.8. The highest BCUT2D eigenvalue weighted by molar-refractivity contribution is 7.92. The molecule has 0 bridgehead atoms. The van der Waals surface area contributed by atoms with Crippen LogP contribution in [-0.4, -0.2) is 57.1 Å². The number of sulfonamides is 1. The van der Waals surface area contributed by atoms with Gasteiger partial charge in [-0.05, 0) is 51.5 Å². The quantitative estimate of drug-likeness (QED) is 0.529. The molecule has 34 heavy (non-hydrogen) atoms. The van der Waals surface area contributed by atoms with Crippen molar-refractivity contribution in [2.24, 2.45) is 0 Å². The Kier molecular flexibility index (Phi) is 9.35. The Bertz CT molecular complexity index is 1140. The van der Waals surface area contributed by atoms with Crippen molar-refractivity contribution in [2.75, 3.05) is 24.2 Å². The molecular weight excluding hydrogens is 478 g/mol. The summed E-state index contributed by atoms with van der Waals surface area (Å²) in [6.07, 6.45) is 1.01. The van der Waals surface area contributed by atoms with E-state index in [9.17, 15) is 18.0 Å². The Morgan fingerprint density at radius 1 is 1.12 bits per heavy atom. The molecule has 0 aliphatic carbocycles. The van der Waals surface area contributed by atoms with Crippen LogP contribution in [0.25, 0.3) is 0 Å². The van der Waals surface area contributed by atoms with Gasteiger partial charge >= 0.3 is 0 Å². The summed E-state index contributed by atoms with van der Waals surface area (Å²) in [5.74, 6) is -0.468. The first kappa shape index (κ1) is 27.5. The molecule has 0 spiro atoms. The fourth-order valence-corrected chi connectivity index (χ4v) is 4.51. The van der Waals surface area contributed by atoms with E-state index in [1.807, 2.05) is 45.0 Å². The van der Waals surface area contributed by atoms with Gasteiger partial charge in [-0.2, -0.15) is 0 Å². The predicted molar refractivity (Wildman–Crippen MR) is 135 cm³/mol. The molecule has 0 heterocycles. The van der Waals surface area contributed by atoms with E-state index in [2.05, 4.69) is 5.32 Å². The summed E-state index contributed by atoms with van der Waals surface area (Å²) < 4.78 is 31.3. The van der Waals surface area contributed by atoms with E-state index >= 15 is 0 Å². The monoisotopic (exact) mass is 509 g/mol. The summed E-state index contributed by atoms with van der Waals surface area (Å²) in [7, 11) is -2.39. The smallest absolute Gasteiger partial charge is 0.244 e. The second-order valence-electron chi connectivity index (χ2n) is 8.44. The molecule has 0 saturated heterocycles. The Hall–Kier alpha value is -2.78. The number of amides is 2. The number of aryl methyl sites for hydroxylation is 1. The van der Waals surface area contributed by atoms with Crippen LogP contribution in [0.15, 0.2) is 42.5 Å². The summed E-state index contributed by atoms with van der Waals surface area (Å²) in [4.78, 5) is 27.6. The van der Waals surface area contributed by atoms with Crippen LogP contribution in [-0.2, 0) is 26.2 Å². The number of nitrogens with one attached hydrogen (secondary N) is 1. The first-order valence-corrected chi connectivity index (χ1v) is 13.0. The second-order valence-corrected chi connectivity index (χ2v) is 10.8. The third-order valence-electron chi connectivity index (χ3n) is 5.14. The average Bonchev–Trinajstić information content (AvgIpc) is 2.74. The zero-order valence-corrected chi connectivity index (χ0v) is 21.9. The number of carbonyl (C=O) groups is 2. The van der Waals surface area contributed by atoms with Crippen LogP contribution in [0.5, 0.6) is 5.75 Å². The number of benzene rings is 2. The normalized spacial score (nSPS) is 12.2. The Morgan fingerprint density at radius 2 is 1.79 bits per heavy atom. The predicted octanol–water partition coefficient (Wildman–Crippen LogP) is 3.36. The molecule has 2 amide bonds. The van der Waals surface area contributed by atoms with E-state index in [-0.39, 0.29) is 29.2 Å². The molecule has 2 aromatic rings. The highest BCUT2D eigenvalue weighted by atomic mass is 35.5.